The summed E-state index contributed by atoms with van der Waals surface area (Å²) < 4.78 is 0. The summed E-state index contributed by atoms with van der Waals surface area (Å²) in [6.07, 6.45) is 0. The molecule has 0 aliphatic heterocycles. The summed E-state index contributed by atoms with van der Waals surface area (Å²) in [6.45, 7) is 7.92. The van der Waals surface area contributed by atoms with E-state index in [0.29, 0.717) is 5.56 Å². The van der Waals surface area contributed by atoms with Crippen LogP contribution >= 0.6 is 23.2 Å². The van der Waals surface area contributed by atoms with Crippen LogP contribution in [-0.2, 0) is 9.75 Å². The topological polar surface area (TPSA) is 27.0 Å². The molecule has 0 saturated carbocycles. The second kappa shape index (κ2) is 8.11. The highest BCUT2D eigenvalue weighted by molar-refractivity contribution is 6.23. The van der Waals surface area contributed by atoms with Crippen molar-refractivity contribution in [3.05, 3.63) is 89.5 Å². The maximum atomic E-state index is 9.13. The molecular weight excluding hydrogens is 399 g/mol. The van der Waals surface area contributed by atoms with Gasteiger partial charge in [0.15, 0.2) is 0 Å². The molecule has 0 spiro atoms. The van der Waals surface area contributed by atoms with Crippen molar-refractivity contribution in [1.82, 2.24) is 0 Å². The second-order valence-electron chi connectivity index (χ2n) is 8.03. The molecule has 0 radical (unpaired) electrons. The smallest absolute Gasteiger partial charge is 0.0991 e. The van der Waals surface area contributed by atoms with Crippen molar-refractivity contribution in [3.8, 4) is 6.07 Å². The molecule has 0 saturated heterocycles. The molecule has 0 amide bonds. The van der Waals surface area contributed by atoms with Crippen LogP contribution in [0.5, 0.6) is 0 Å². The molecule has 0 bridgehead atoms. The summed E-state index contributed by atoms with van der Waals surface area (Å²) >= 11 is 12.9. The van der Waals surface area contributed by atoms with E-state index in [9.17, 15) is 0 Å². The van der Waals surface area contributed by atoms with Crippen molar-refractivity contribution in [2.45, 2.75) is 37.4 Å². The van der Waals surface area contributed by atoms with Gasteiger partial charge < -0.3 is 4.90 Å². The van der Waals surface area contributed by atoms with Crippen LogP contribution < -0.4 is 4.90 Å². The third-order valence-corrected chi connectivity index (χ3v) is 5.31. The quantitative estimate of drug-likeness (QED) is 0.389. The largest absolute Gasteiger partial charge is 0.311 e. The molecule has 3 rings (SSSR count). The van der Waals surface area contributed by atoms with Crippen molar-refractivity contribution in [3.63, 3.8) is 0 Å². The normalized spacial score (nSPS) is 11.8. The van der Waals surface area contributed by atoms with E-state index in [0.717, 1.165) is 28.2 Å². The monoisotopic (exact) mass is 422 g/mol. The van der Waals surface area contributed by atoms with Crippen LogP contribution in [0.1, 0.15) is 44.4 Å². The first-order valence-electron chi connectivity index (χ1n) is 9.49. The zero-order valence-electron chi connectivity index (χ0n) is 17.1. The minimum atomic E-state index is -0.425. The van der Waals surface area contributed by atoms with Crippen LogP contribution in [0.4, 0.5) is 17.1 Å². The summed E-state index contributed by atoms with van der Waals surface area (Å²) in [5.74, 6) is 0. The molecule has 0 atom stereocenters. The molecule has 29 heavy (non-hydrogen) atoms. The van der Waals surface area contributed by atoms with Gasteiger partial charge in [-0.05, 0) is 87.4 Å². The zero-order valence-corrected chi connectivity index (χ0v) is 18.6. The number of anilines is 3. The van der Waals surface area contributed by atoms with Crippen LogP contribution in [-0.4, -0.2) is 0 Å². The molecular formula is C25H24Cl2N2. The average molecular weight is 423 g/mol. The lowest BCUT2D eigenvalue weighted by Gasteiger charge is -2.27. The minimum Gasteiger partial charge on any atom is -0.311 e. The Bertz CT molecular complexity index is 944. The number of rotatable bonds is 5. The maximum Gasteiger partial charge on any atom is 0.0991 e. The summed E-state index contributed by atoms with van der Waals surface area (Å²) in [5, 5.41) is 9.13. The Balaban J connectivity index is 2.08. The molecule has 0 aliphatic rings. The fraction of sp³-hybridized carbons (Fsp3) is 0.240. The number of benzene rings is 3. The van der Waals surface area contributed by atoms with E-state index in [1.807, 2.05) is 52.0 Å². The number of halogens is 2. The molecule has 3 aromatic carbocycles. The first-order valence-corrected chi connectivity index (χ1v) is 10.2. The first kappa shape index (κ1) is 21.2. The zero-order chi connectivity index (χ0) is 21.2. The van der Waals surface area contributed by atoms with Crippen LogP contribution in [0.2, 0.25) is 0 Å². The SMILES string of the molecule is CC(C)(Cl)c1ccc(N(c2ccc(C#N)cc2)c2ccc(C(C)(C)Cl)cc2)cc1. The minimum absolute atomic E-state index is 0.425. The van der Waals surface area contributed by atoms with Gasteiger partial charge >= 0.3 is 0 Å². The van der Waals surface area contributed by atoms with Gasteiger partial charge in [0.05, 0.1) is 21.4 Å². The number of nitriles is 1. The second-order valence-corrected chi connectivity index (χ2v) is 9.92. The lowest BCUT2D eigenvalue weighted by molar-refractivity contribution is 0.766. The molecule has 0 unspecified atom stereocenters. The lowest BCUT2D eigenvalue weighted by atomic mass is 10.0. The first-order chi connectivity index (χ1) is 13.6. The van der Waals surface area contributed by atoms with Crippen LogP contribution in [0.25, 0.3) is 0 Å². The van der Waals surface area contributed by atoms with Crippen molar-refractivity contribution >= 4 is 40.3 Å². The van der Waals surface area contributed by atoms with E-state index in [1.165, 1.54) is 0 Å². The van der Waals surface area contributed by atoms with Gasteiger partial charge in [0, 0.05) is 17.1 Å². The molecule has 2 nitrogen and oxygen atoms in total. The molecule has 0 aliphatic carbocycles. The fourth-order valence-electron chi connectivity index (χ4n) is 3.15. The Hall–Kier alpha value is -2.47. The van der Waals surface area contributed by atoms with Crippen molar-refractivity contribution in [2.24, 2.45) is 0 Å². The molecule has 0 fully saturated rings. The van der Waals surface area contributed by atoms with E-state index < -0.39 is 9.75 Å². The number of alkyl halides is 2. The molecule has 148 valence electrons. The van der Waals surface area contributed by atoms with E-state index in [1.54, 1.807) is 0 Å². The highest BCUT2D eigenvalue weighted by Gasteiger charge is 2.20. The van der Waals surface area contributed by atoms with Gasteiger partial charge in [0.1, 0.15) is 0 Å². The van der Waals surface area contributed by atoms with Crippen molar-refractivity contribution < 1.29 is 0 Å². The van der Waals surface area contributed by atoms with Gasteiger partial charge in [0.25, 0.3) is 0 Å². The average Bonchev–Trinajstić information content (AvgIpc) is 2.68. The summed E-state index contributed by atoms with van der Waals surface area (Å²) in [5.41, 5.74) is 5.74. The number of nitrogens with zero attached hydrogens (tertiary/aromatic N) is 2. The Morgan fingerprint density at radius 3 is 1.21 bits per heavy atom. The van der Waals surface area contributed by atoms with Gasteiger partial charge in [0.2, 0.25) is 0 Å². The van der Waals surface area contributed by atoms with Crippen molar-refractivity contribution in [2.75, 3.05) is 4.90 Å². The third kappa shape index (κ3) is 4.93. The summed E-state index contributed by atoms with van der Waals surface area (Å²) in [4.78, 5) is 1.30. The predicted molar refractivity (Wildman–Crippen MR) is 124 cm³/mol. The standard InChI is InChI=1S/C25H24Cl2N2/c1-24(2,26)19-7-13-22(14-8-19)29(21-11-5-18(17-28)6-12-21)23-15-9-20(10-16-23)25(3,4)27/h5-16H,1-4H3. The van der Waals surface area contributed by atoms with E-state index >= 15 is 0 Å². The van der Waals surface area contributed by atoms with Gasteiger partial charge in [-0.3, -0.25) is 0 Å². The predicted octanol–water partition coefficient (Wildman–Crippen LogP) is 7.98. The fourth-order valence-corrected chi connectivity index (χ4v) is 3.40. The van der Waals surface area contributed by atoms with Crippen LogP contribution in [0, 0.1) is 11.3 Å². The highest BCUT2D eigenvalue weighted by atomic mass is 35.5. The number of hydrogen-bond donors (Lipinski definition) is 0. The van der Waals surface area contributed by atoms with Crippen molar-refractivity contribution in [1.29, 1.82) is 5.26 Å². The molecule has 0 heterocycles. The van der Waals surface area contributed by atoms with Gasteiger partial charge in [-0.2, -0.15) is 5.26 Å². The van der Waals surface area contributed by atoms with E-state index in [4.69, 9.17) is 28.5 Å². The Morgan fingerprint density at radius 1 is 0.621 bits per heavy atom. The van der Waals surface area contributed by atoms with Gasteiger partial charge in [-0.1, -0.05) is 24.3 Å². The lowest BCUT2D eigenvalue weighted by Crippen LogP contribution is -2.12. The molecule has 0 N–H and O–H groups in total. The van der Waals surface area contributed by atoms with E-state index in [2.05, 4.69) is 59.5 Å². The van der Waals surface area contributed by atoms with Gasteiger partial charge in [-0.25, -0.2) is 0 Å². The molecule has 0 aromatic heterocycles. The highest BCUT2D eigenvalue weighted by Crippen LogP contribution is 2.38. The summed E-state index contributed by atoms with van der Waals surface area (Å²) in [6, 6.07) is 26.2. The molecule has 4 heteroatoms. The number of hydrogen-bond acceptors (Lipinski definition) is 2. The molecule has 3 aromatic rings. The van der Waals surface area contributed by atoms with Gasteiger partial charge in [-0.15, -0.1) is 23.2 Å². The summed E-state index contributed by atoms with van der Waals surface area (Å²) in [7, 11) is 0. The third-order valence-electron chi connectivity index (χ3n) is 4.88. The Morgan fingerprint density at radius 2 is 0.931 bits per heavy atom. The van der Waals surface area contributed by atoms with Crippen LogP contribution in [0.15, 0.2) is 72.8 Å². The van der Waals surface area contributed by atoms with E-state index in [-0.39, 0.29) is 0 Å². The Kier molecular flexibility index (Phi) is 5.94. The van der Waals surface area contributed by atoms with Crippen LogP contribution in [0.3, 0.4) is 0 Å². The maximum absolute atomic E-state index is 9.13. The Labute approximate surface area is 183 Å².